The number of nitro benzene ring substituents is 1. The zero-order chi connectivity index (χ0) is 19.9. The van der Waals surface area contributed by atoms with Crippen LogP contribution in [0.1, 0.15) is 31.9 Å². The van der Waals surface area contributed by atoms with E-state index < -0.39 is 4.92 Å². The third-order valence-electron chi connectivity index (χ3n) is 3.63. The predicted octanol–water partition coefficient (Wildman–Crippen LogP) is 4.46. The number of non-ortho nitro benzene ring substituents is 1. The number of rotatable bonds is 5. The van der Waals surface area contributed by atoms with Crippen molar-refractivity contribution >= 4 is 30.2 Å². The molecule has 26 heavy (non-hydrogen) atoms. The summed E-state index contributed by atoms with van der Waals surface area (Å²) in [7, 11) is 0. The lowest BCUT2D eigenvalue weighted by Gasteiger charge is -2.06. The summed E-state index contributed by atoms with van der Waals surface area (Å²) in [5.41, 5.74) is 2.06. The predicted molar refractivity (Wildman–Crippen MR) is 106 cm³/mol. The van der Waals surface area contributed by atoms with Crippen molar-refractivity contribution in [3.63, 3.8) is 0 Å². The summed E-state index contributed by atoms with van der Waals surface area (Å²) in [6.07, 6.45) is 0.593. The average molecular weight is 353 g/mol. The van der Waals surface area contributed by atoms with Gasteiger partial charge in [0.25, 0.3) is 5.69 Å². The average Bonchev–Trinajstić information content (AvgIpc) is 2.66. The SMILES string of the molecule is C=C(N=Nc1ccc(=C)c(=C)c1O)c1ccc([N+](=O)[O-])cc1CC.CC. The summed E-state index contributed by atoms with van der Waals surface area (Å²) < 4.78 is 0. The van der Waals surface area contributed by atoms with Gasteiger partial charge in [0.15, 0.2) is 0 Å². The normalized spacial score (nSPS) is 10.3. The molecule has 2 aromatic rings. The van der Waals surface area contributed by atoms with Crippen LogP contribution in [0.5, 0.6) is 5.75 Å². The second kappa shape index (κ2) is 9.27. The lowest BCUT2D eigenvalue weighted by atomic mass is 10.0. The number of benzene rings is 2. The van der Waals surface area contributed by atoms with Gasteiger partial charge in [-0.1, -0.05) is 46.6 Å². The summed E-state index contributed by atoms with van der Waals surface area (Å²) >= 11 is 0. The highest BCUT2D eigenvalue weighted by Gasteiger charge is 2.11. The number of hydrogen-bond acceptors (Lipinski definition) is 5. The topological polar surface area (TPSA) is 88.1 Å². The molecule has 6 nitrogen and oxygen atoms in total. The number of hydrogen-bond donors (Lipinski definition) is 1. The molecule has 0 heterocycles. The third kappa shape index (κ3) is 4.63. The fourth-order valence-electron chi connectivity index (χ4n) is 2.18. The van der Waals surface area contributed by atoms with E-state index in [1.165, 1.54) is 12.1 Å². The molecule has 0 amide bonds. The van der Waals surface area contributed by atoms with E-state index in [0.717, 1.165) is 5.56 Å². The zero-order valence-corrected chi connectivity index (χ0v) is 15.3. The van der Waals surface area contributed by atoms with Crippen LogP contribution in [0.15, 0.2) is 47.1 Å². The lowest BCUT2D eigenvalue weighted by Crippen LogP contribution is -2.20. The first kappa shape index (κ1) is 20.8. The molecule has 0 fully saturated rings. The molecule has 0 aliphatic heterocycles. The molecule has 0 atom stereocenters. The minimum atomic E-state index is -0.443. The molecule has 0 aromatic heterocycles. The van der Waals surface area contributed by atoms with Gasteiger partial charge in [0.05, 0.1) is 10.6 Å². The molecule has 0 saturated carbocycles. The minimum absolute atomic E-state index is 0.0192. The van der Waals surface area contributed by atoms with E-state index in [9.17, 15) is 15.2 Å². The molecule has 6 heteroatoms. The monoisotopic (exact) mass is 353 g/mol. The van der Waals surface area contributed by atoms with Gasteiger partial charge in [0, 0.05) is 22.9 Å². The van der Waals surface area contributed by atoms with E-state index in [4.69, 9.17) is 0 Å². The van der Waals surface area contributed by atoms with E-state index in [0.29, 0.717) is 28.1 Å². The number of azo groups is 1. The van der Waals surface area contributed by atoms with Crippen LogP contribution < -0.4 is 10.4 Å². The molecule has 0 aliphatic rings. The van der Waals surface area contributed by atoms with Gasteiger partial charge >= 0.3 is 0 Å². The van der Waals surface area contributed by atoms with Crippen LogP contribution in [0.2, 0.25) is 0 Å². The maximum atomic E-state index is 10.9. The van der Waals surface area contributed by atoms with Crippen molar-refractivity contribution in [3.05, 3.63) is 68.6 Å². The van der Waals surface area contributed by atoms with Gasteiger partial charge in [0.1, 0.15) is 11.4 Å². The largest absolute Gasteiger partial charge is 0.505 e. The number of nitrogens with zero attached hydrogens (tertiary/aromatic N) is 3. The van der Waals surface area contributed by atoms with Gasteiger partial charge in [-0.2, -0.15) is 5.11 Å². The Morgan fingerprint density at radius 2 is 1.88 bits per heavy atom. The van der Waals surface area contributed by atoms with E-state index >= 15 is 0 Å². The molecule has 0 unspecified atom stereocenters. The van der Waals surface area contributed by atoms with Gasteiger partial charge < -0.3 is 5.11 Å². The van der Waals surface area contributed by atoms with Crippen LogP contribution in [0.25, 0.3) is 18.9 Å². The highest BCUT2D eigenvalue weighted by atomic mass is 16.6. The Kier molecular flexibility index (Phi) is 7.40. The highest BCUT2D eigenvalue weighted by molar-refractivity contribution is 5.67. The van der Waals surface area contributed by atoms with E-state index in [1.807, 2.05) is 20.8 Å². The fraction of sp³-hybridized carbons (Fsp3) is 0.200. The molecule has 0 spiro atoms. The van der Waals surface area contributed by atoms with E-state index in [1.54, 1.807) is 18.2 Å². The second-order valence-electron chi connectivity index (χ2n) is 5.17. The van der Waals surface area contributed by atoms with Gasteiger partial charge in [0.2, 0.25) is 0 Å². The van der Waals surface area contributed by atoms with Crippen LogP contribution in [0, 0.1) is 10.1 Å². The Bertz CT molecular complexity index is 950. The minimum Gasteiger partial charge on any atom is -0.505 e. The summed E-state index contributed by atoms with van der Waals surface area (Å²) in [4.78, 5) is 10.4. The molecule has 0 aliphatic carbocycles. The van der Waals surface area contributed by atoms with E-state index in [-0.39, 0.29) is 17.1 Å². The fourth-order valence-corrected chi connectivity index (χ4v) is 2.18. The lowest BCUT2D eigenvalue weighted by molar-refractivity contribution is -0.384. The Labute approximate surface area is 152 Å². The summed E-state index contributed by atoms with van der Waals surface area (Å²) in [5.74, 6) is -0.0848. The molecular weight excluding hydrogens is 330 g/mol. The molecular formula is C20H23N3O3. The molecule has 1 N–H and O–H groups in total. The summed E-state index contributed by atoms with van der Waals surface area (Å²) in [6.45, 7) is 17.2. The van der Waals surface area contributed by atoms with Crippen molar-refractivity contribution in [2.75, 3.05) is 0 Å². The number of phenolic OH excluding ortho intramolecular Hbond substituents is 1. The van der Waals surface area contributed by atoms with Crippen molar-refractivity contribution < 1.29 is 10.0 Å². The van der Waals surface area contributed by atoms with Crippen molar-refractivity contribution in [2.45, 2.75) is 27.2 Å². The van der Waals surface area contributed by atoms with Gasteiger partial charge in [-0.3, -0.25) is 10.1 Å². The third-order valence-corrected chi connectivity index (χ3v) is 3.63. The van der Waals surface area contributed by atoms with Crippen LogP contribution in [0.3, 0.4) is 0 Å². The first-order chi connectivity index (χ1) is 12.3. The Morgan fingerprint density at radius 1 is 1.23 bits per heavy atom. The van der Waals surface area contributed by atoms with Crippen molar-refractivity contribution in [3.8, 4) is 5.75 Å². The molecule has 136 valence electrons. The molecule has 0 radical (unpaired) electrons. The maximum Gasteiger partial charge on any atom is 0.269 e. The van der Waals surface area contributed by atoms with Crippen LogP contribution in [0.4, 0.5) is 11.4 Å². The Balaban J connectivity index is 0.00000163. The smallest absolute Gasteiger partial charge is 0.269 e. The van der Waals surface area contributed by atoms with Crippen molar-refractivity contribution in [1.29, 1.82) is 0 Å². The summed E-state index contributed by atoms with van der Waals surface area (Å²) in [5, 5.41) is 29.9. The number of aromatic hydroxyl groups is 1. The highest BCUT2D eigenvalue weighted by Crippen LogP contribution is 2.27. The summed E-state index contributed by atoms with van der Waals surface area (Å²) in [6, 6.07) is 7.77. The van der Waals surface area contributed by atoms with Crippen molar-refractivity contribution in [2.24, 2.45) is 10.2 Å². The Morgan fingerprint density at radius 3 is 2.46 bits per heavy atom. The van der Waals surface area contributed by atoms with Gasteiger partial charge in [-0.25, -0.2) is 0 Å². The number of phenols is 1. The second-order valence-corrected chi connectivity index (χ2v) is 5.17. The van der Waals surface area contributed by atoms with Crippen LogP contribution in [-0.4, -0.2) is 10.0 Å². The first-order valence-corrected chi connectivity index (χ1v) is 8.23. The van der Waals surface area contributed by atoms with Gasteiger partial charge in [-0.15, -0.1) is 5.11 Å². The van der Waals surface area contributed by atoms with E-state index in [2.05, 4.69) is 30.0 Å². The maximum absolute atomic E-state index is 10.9. The first-order valence-electron chi connectivity index (χ1n) is 8.23. The van der Waals surface area contributed by atoms with Crippen LogP contribution >= 0.6 is 0 Å². The van der Waals surface area contributed by atoms with Gasteiger partial charge in [-0.05, 0) is 29.3 Å². The number of nitro groups is 1. The standard InChI is InChI=1S/C18H17N3O3.C2H6/c1-5-14-10-15(21(23)24)7-8-16(14)13(4)19-20-17-9-6-11(2)12(3)18(17)22;1-2/h6-10,22H,2-5H2,1H3;1-2H3. The molecule has 2 rings (SSSR count). The molecule has 0 saturated heterocycles. The van der Waals surface area contributed by atoms with Crippen LogP contribution in [-0.2, 0) is 6.42 Å². The molecule has 0 bridgehead atoms. The van der Waals surface area contributed by atoms with Crippen molar-refractivity contribution in [1.82, 2.24) is 0 Å². The number of aryl methyl sites for hydroxylation is 1. The quantitative estimate of drug-likeness (QED) is 0.489. The zero-order valence-electron chi connectivity index (χ0n) is 15.3. The molecule has 2 aromatic carbocycles. The Hall–Kier alpha value is -3.28.